The number of anilines is 1. The summed E-state index contributed by atoms with van der Waals surface area (Å²) in [4.78, 5) is 8.42. The minimum Gasteiger partial charge on any atom is -0.348 e. The first-order chi connectivity index (χ1) is 9.53. The molecule has 3 nitrogen and oxygen atoms in total. The highest BCUT2D eigenvalue weighted by Gasteiger charge is 2.29. The first-order valence-corrected chi connectivity index (χ1v) is 8.76. The van der Waals surface area contributed by atoms with Crippen LogP contribution in [0.3, 0.4) is 0 Å². The first kappa shape index (κ1) is 14.3. The van der Waals surface area contributed by atoms with Gasteiger partial charge in [-0.2, -0.15) is 0 Å². The maximum Gasteiger partial charge on any atom is 0.185 e. The summed E-state index contributed by atoms with van der Waals surface area (Å²) >= 11 is 1.86. The summed E-state index contributed by atoms with van der Waals surface area (Å²) < 4.78 is 0. The molecule has 2 aliphatic carbocycles. The van der Waals surface area contributed by atoms with Crippen LogP contribution < -0.4 is 10.2 Å². The molecule has 1 aromatic heterocycles. The highest BCUT2D eigenvalue weighted by atomic mass is 32.1. The van der Waals surface area contributed by atoms with E-state index in [0.717, 1.165) is 12.6 Å². The van der Waals surface area contributed by atoms with Crippen LogP contribution in [-0.4, -0.2) is 24.1 Å². The molecule has 2 fully saturated rings. The SMILES string of the molecule is CN(c1ncc(CNC2CC2)s1)C1CCC(C)(C)CC1. The summed E-state index contributed by atoms with van der Waals surface area (Å²) in [5.41, 5.74) is 0.541. The van der Waals surface area contributed by atoms with Gasteiger partial charge in [-0.25, -0.2) is 4.98 Å². The molecule has 1 N–H and O–H groups in total. The average molecular weight is 293 g/mol. The summed E-state index contributed by atoms with van der Waals surface area (Å²) in [5, 5.41) is 4.76. The van der Waals surface area contributed by atoms with Gasteiger partial charge in [0.05, 0.1) is 0 Å². The first-order valence-electron chi connectivity index (χ1n) is 7.94. The minimum absolute atomic E-state index is 0.541. The van der Waals surface area contributed by atoms with Gasteiger partial charge in [0.2, 0.25) is 0 Å². The Balaban J connectivity index is 1.55. The van der Waals surface area contributed by atoms with Crippen molar-refractivity contribution < 1.29 is 0 Å². The van der Waals surface area contributed by atoms with Crippen molar-refractivity contribution in [3.8, 4) is 0 Å². The van der Waals surface area contributed by atoms with Crippen LogP contribution in [0.15, 0.2) is 6.20 Å². The third-order valence-corrected chi connectivity index (χ3v) is 5.93. The van der Waals surface area contributed by atoms with Gasteiger partial charge in [-0.05, 0) is 43.9 Å². The third kappa shape index (κ3) is 3.53. The topological polar surface area (TPSA) is 28.2 Å². The second-order valence-electron chi connectivity index (χ2n) is 7.27. The summed E-state index contributed by atoms with van der Waals surface area (Å²) in [6, 6.07) is 1.46. The highest BCUT2D eigenvalue weighted by Crippen LogP contribution is 2.38. The molecule has 3 rings (SSSR count). The fourth-order valence-electron chi connectivity index (χ4n) is 3.00. The molecule has 2 aliphatic rings. The number of thiazole rings is 1. The van der Waals surface area contributed by atoms with Gasteiger partial charge in [0.15, 0.2) is 5.13 Å². The lowest BCUT2D eigenvalue weighted by Crippen LogP contribution is -2.37. The Hall–Kier alpha value is -0.610. The maximum absolute atomic E-state index is 4.63. The Morgan fingerprint density at radius 3 is 2.65 bits per heavy atom. The lowest BCUT2D eigenvalue weighted by atomic mass is 9.75. The van der Waals surface area contributed by atoms with Gasteiger partial charge in [0.1, 0.15) is 0 Å². The minimum atomic E-state index is 0.541. The highest BCUT2D eigenvalue weighted by molar-refractivity contribution is 7.15. The second kappa shape index (κ2) is 5.64. The van der Waals surface area contributed by atoms with Gasteiger partial charge < -0.3 is 10.2 Å². The molecule has 1 aromatic rings. The lowest BCUT2D eigenvalue weighted by molar-refractivity contribution is 0.222. The molecule has 0 unspecified atom stereocenters. The zero-order valence-corrected chi connectivity index (χ0v) is 13.8. The van der Waals surface area contributed by atoms with Crippen LogP contribution in [0, 0.1) is 5.41 Å². The van der Waals surface area contributed by atoms with E-state index in [4.69, 9.17) is 0 Å². The molecule has 0 saturated heterocycles. The van der Waals surface area contributed by atoms with Gasteiger partial charge in [-0.15, -0.1) is 11.3 Å². The third-order valence-electron chi connectivity index (χ3n) is 4.84. The smallest absolute Gasteiger partial charge is 0.185 e. The van der Waals surface area contributed by atoms with Crippen LogP contribution in [-0.2, 0) is 6.54 Å². The molecule has 20 heavy (non-hydrogen) atoms. The Morgan fingerprint density at radius 1 is 1.30 bits per heavy atom. The number of rotatable bonds is 5. The van der Waals surface area contributed by atoms with Crippen molar-refractivity contribution in [3.63, 3.8) is 0 Å². The number of nitrogens with zero attached hydrogens (tertiary/aromatic N) is 2. The van der Waals surface area contributed by atoms with Crippen LogP contribution in [0.1, 0.15) is 57.2 Å². The predicted molar refractivity (Wildman–Crippen MR) is 86.4 cm³/mol. The van der Waals surface area contributed by atoms with Gasteiger partial charge in [-0.3, -0.25) is 0 Å². The molecule has 112 valence electrons. The Bertz CT molecular complexity index is 440. The Kier molecular flexibility index (Phi) is 4.04. The van der Waals surface area contributed by atoms with Gasteiger partial charge >= 0.3 is 0 Å². The molecule has 0 atom stereocenters. The van der Waals surface area contributed by atoms with Crippen molar-refractivity contribution in [1.29, 1.82) is 0 Å². The van der Waals surface area contributed by atoms with E-state index >= 15 is 0 Å². The molecule has 4 heteroatoms. The Morgan fingerprint density at radius 2 is 2.00 bits per heavy atom. The number of hydrogen-bond acceptors (Lipinski definition) is 4. The normalized spacial score (nSPS) is 22.9. The Labute approximate surface area is 126 Å². The molecule has 1 heterocycles. The summed E-state index contributed by atoms with van der Waals surface area (Å²) in [5.74, 6) is 0. The van der Waals surface area contributed by atoms with Gasteiger partial charge in [0.25, 0.3) is 0 Å². The van der Waals surface area contributed by atoms with Crippen molar-refractivity contribution >= 4 is 16.5 Å². The lowest BCUT2D eigenvalue weighted by Gasteiger charge is -2.38. The van der Waals surface area contributed by atoms with Crippen molar-refractivity contribution in [3.05, 3.63) is 11.1 Å². The van der Waals surface area contributed by atoms with Gasteiger partial charge in [0, 0.05) is 36.8 Å². The van der Waals surface area contributed by atoms with Crippen LogP contribution in [0.5, 0.6) is 0 Å². The standard InChI is InChI=1S/C16H27N3S/c1-16(2)8-6-13(7-9-16)19(3)15-18-11-14(20-15)10-17-12-4-5-12/h11-13,17H,4-10H2,1-3H3. The van der Waals surface area contributed by atoms with E-state index in [0.29, 0.717) is 11.5 Å². The molecule has 0 amide bonds. The predicted octanol–water partition coefficient (Wildman–Crippen LogP) is 3.80. The summed E-state index contributed by atoms with van der Waals surface area (Å²) in [6.07, 6.45) is 10.0. The van der Waals surface area contributed by atoms with Crippen molar-refractivity contribution in [2.75, 3.05) is 11.9 Å². The van der Waals surface area contributed by atoms with E-state index in [1.54, 1.807) is 0 Å². The number of aromatic nitrogens is 1. The van der Waals surface area contributed by atoms with Crippen LogP contribution in [0.2, 0.25) is 0 Å². The maximum atomic E-state index is 4.63. The molecule has 2 saturated carbocycles. The molecular formula is C16H27N3S. The summed E-state index contributed by atoms with van der Waals surface area (Å²) in [6.45, 7) is 5.79. The van der Waals surface area contributed by atoms with E-state index < -0.39 is 0 Å². The second-order valence-corrected chi connectivity index (χ2v) is 8.36. The summed E-state index contributed by atoms with van der Waals surface area (Å²) in [7, 11) is 2.22. The number of nitrogens with one attached hydrogen (secondary N) is 1. The zero-order chi connectivity index (χ0) is 14.2. The molecule has 0 aromatic carbocycles. The van der Waals surface area contributed by atoms with E-state index in [1.807, 2.05) is 11.3 Å². The monoisotopic (exact) mass is 293 g/mol. The van der Waals surface area contributed by atoms with Crippen LogP contribution in [0.4, 0.5) is 5.13 Å². The van der Waals surface area contributed by atoms with E-state index in [9.17, 15) is 0 Å². The number of hydrogen-bond donors (Lipinski definition) is 1. The van der Waals surface area contributed by atoms with E-state index in [2.05, 4.69) is 42.3 Å². The molecule has 0 bridgehead atoms. The van der Waals surface area contributed by atoms with Crippen LogP contribution in [0.25, 0.3) is 0 Å². The zero-order valence-electron chi connectivity index (χ0n) is 13.0. The molecule has 0 radical (unpaired) electrons. The fourth-order valence-corrected chi connectivity index (χ4v) is 3.90. The fraction of sp³-hybridized carbons (Fsp3) is 0.812. The molecule has 0 aliphatic heterocycles. The van der Waals surface area contributed by atoms with E-state index in [1.165, 1.54) is 48.5 Å². The van der Waals surface area contributed by atoms with Gasteiger partial charge in [-0.1, -0.05) is 13.8 Å². The van der Waals surface area contributed by atoms with E-state index in [-0.39, 0.29) is 0 Å². The van der Waals surface area contributed by atoms with Crippen molar-refractivity contribution in [2.24, 2.45) is 5.41 Å². The van der Waals surface area contributed by atoms with Crippen molar-refractivity contribution in [1.82, 2.24) is 10.3 Å². The largest absolute Gasteiger partial charge is 0.348 e. The molecular weight excluding hydrogens is 266 g/mol. The average Bonchev–Trinajstić information content (AvgIpc) is 3.13. The quantitative estimate of drug-likeness (QED) is 0.895. The molecule has 0 spiro atoms. The van der Waals surface area contributed by atoms with Crippen molar-refractivity contribution in [2.45, 2.75) is 71.0 Å². The van der Waals surface area contributed by atoms with Crippen LogP contribution >= 0.6 is 11.3 Å².